The summed E-state index contributed by atoms with van der Waals surface area (Å²) in [6, 6.07) is 0. The molecule has 0 radical (unpaired) electrons. The molecule has 0 heterocycles. The molecule has 0 bridgehead atoms. The van der Waals surface area contributed by atoms with Gasteiger partial charge in [-0.05, 0) is 27.7 Å². The van der Waals surface area contributed by atoms with Crippen LogP contribution in [0.25, 0.3) is 0 Å². The maximum Gasteiger partial charge on any atom is 0.334 e. The Labute approximate surface area is 112 Å². The highest BCUT2D eigenvalue weighted by atomic mass is 79.9. The topological polar surface area (TPSA) is 52.6 Å². The van der Waals surface area contributed by atoms with E-state index < -0.39 is 15.2 Å². The second-order valence-corrected chi connectivity index (χ2v) is 7.65. The van der Waals surface area contributed by atoms with Crippen LogP contribution in [-0.2, 0) is 19.1 Å². The monoisotopic (exact) mass is 358 g/mol. The molecule has 4 nitrogen and oxygen atoms in total. The summed E-state index contributed by atoms with van der Waals surface area (Å²) < 4.78 is 8.70. The Balaban J connectivity index is 4.33. The fourth-order valence-corrected chi connectivity index (χ4v) is 1.50. The van der Waals surface area contributed by atoms with Crippen molar-refractivity contribution in [1.29, 1.82) is 0 Å². The first-order valence-corrected chi connectivity index (χ1v) is 6.52. The van der Waals surface area contributed by atoms with Gasteiger partial charge in [0.25, 0.3) is 0 Å². The maximum atomic E-state index is 11.6. The van der Waals surface area contributed by atoms with Crippen molar-refractivity contribution in [3.63, 3.8) is 0 Å². The quantitative estimate of drug-likeness (QED) is 0.559. The van der Waals surface area contributed by atoms with Crippen molar-refractivity contribution in [3.05, 3.63) is 0 Å². The van der Waals surface area contributed by atoms with Gasteiger partial charge in [-0.1, -0.05) is 31.9 Å². The van der Waals surface area contributed by atoms with Crippen LogP contribution in [0.4, 0.5) is 0 Å². The summed E-state index contributed by atoms with van der Waals surface area (Å²) in [5.41, 5.74) is 0. The van der Waals surface area contributed by atoms with Crippen molar-refractivity contribution in [3.8, 4) is 0 Å². The van der Waals surface area contributed by atoms with Crippen LogP contribution in [0, 0.1) is 0 Å². The molecule has 0 saturated heterocycles. The Hall–Kier alpha value is -0.100. The zero-order valence-electron chi connectivity index (χ0n) is 9.75. The summed E-state index contributed by atoms with van der Waals surface area (Å²) in [4.78, 5) is 22.9. The predicted molar refractivity (Wildman–Crippen MR) is 67.7 cm³/mol. The first-order chi connectivity index (χ1) is 7.15. The lowest BCUT2D eigenvalue weighted by molar-refractivity contribution is -0.154. The molecule has 0 amide bonds. The third-order valence-electron chi connectivity index (χ3n) is 1.37. The van der Waals surface area contributed by atoms with Gasteiger partial charge in [-0.25, -0.2) is 4.79 Å². The van der Waals surface area contributed by atoms with Gasteiger partial charge in [-0.3, -0.25) is 4.79 Å². The highest BCUT2D eigenvalue weighted by Crippen LogP contribution is 2.32. The Morgan fingerprint density at radius 1 is 1.06 bits per heavy atom. The van der Waals surface area contributed by atoms with Crippen molar-refractivity contribution >= 4 is 43.8 Å². The number of halogens is 2. The van der Waals surface area contributed by atoms with E-state index >= 15 is 0 Å². The molecule has 0 aliphatic carbocycles. The molecule has 16 heavy (non-hydrogen) atoms. The van der Waals surface area contributed by atoms with E-state index in [1.54, 1.807) is 27.7 Å². The molecular weight excluding hydrogens is 344 g/mol. The van der Waals surface area contributed by atoms with E-state index in [-0.39, 0.29) is 18.6 Å². The summed E-state index contributed by atoms with van der Waals surface area (Å²) in [6.07, 6.45) is -0.566. The molecule has 0 atom stereocenters. The molecule has 0 spiro atoms. The van der Waals surface area contributed by atoms with Crippen LogP contribution >= 0.6 is 31.9 Å². The fourth-order valence-electron chi connectivity index (χ4n) is 0.858. The van der Waals surface area contributed by atoms with E-state index in [0.717, 1.165) is 0 Å². The van der Waals surface area contributed by atoms with Crippen LogP contribution in [0.1, 0.15) is 34.1 Å². The van der Waals surface area contributed by atoms with E-state index in [1.165, 1.54) is 0 Å². The van der Waals surface area contributed by atoms with Crippen LogP contribution in [0.15, 0.2) is 0 Å². The Morgan fingerprint density at radius 2 is 1.50 bits per heavy atom. The molecule has 94 valence electrons. The predicted octanol–water partition coefficient (Wildman–Crippen LogP) is 2.77. The van der Waals surface area contributed by atoms with Gasteiger partial charge in [0.05, 0.1) is 18.6 Å². The number of carbonyl (C=O) groups excluding carboxylic acids is 2. The molecule has 0 N–H and O–H groups in total. The van der Waals surface area contributed by atoms with E-state index in [0.29, 0.717) is 0 Å². The molecule has 0 aliphatic rings. The largest absolute Gasteiger partial charge is 0.463 e. The molecule has 0 fully saturated rings. The number of carbonyl (C=O) groups is 2. The van der Waals surface area contributed by atoms with Gasteiger partial charge in [-0.2, -0.15) is 0 Å². The third-order valence-corrected chi connectivity index (χ3v) is 2.58. The third kappa shape index (κ3) is 6.48. The minimum absolute atomic E-state index is 0.128. The van der Waals surface area contributed by atoms with Crippen LogP contribution in [0.3, 0.4) is 0 Å². The number of alkyl halides is 2. The second kappa shape index (κ2) is 6.59. The number of rotatable bonds is 5. The molecular formula is C10H16Br2O4. The minimum Gasteiger partial charge on any atom is -0.463 e. The lowest BCUT2D eigenvalue weighted by Gasteiger charge is -2.20. The first kappa shape index (κ1) is 15.9. The second-order valence-electron chi connectivity index (χ2n) is 3.87. The molecule has 0 aromatic carbocycles. The van der Waals surface area contributed by atoms with Crippen LogP contribution in [0.2, 0.25) is 0 Å². The first-order valence-electron chi connectivity index (χ1n) is 4.93. The summed E-state index contributed by atoms with van der Waals surface area (Å²) in [5.74, 6) is -1.01. The van der Waals surface area contributed by atoms with Crippen molar-refractivity contribution < 1.29 is 19.1 Å². The van der Waals surface area contributed by atoms with Gasteiger partial charge in [-0.15, -0.1) is 0 Å². The van der Waals surface area contributed by atoms with Crippen LogP contribution in [0.5, 0.6) is 0 Å². The van der Waals surface area contributed by atoms with Crippen molar-refractivity contribution in [2.24, 2.45) is 0 Å². The molecule has 0 unspecified atom stereocenters. The summed E-state index contributed by atoms with van der Waals surface area (Å²) in [5, 5.41) is 0. The van der Waals surface area contributed by atoms with E-state index in [4.69, 9.17) is 9.47 Å². The summed E-state index contributed by atoms with van der Waals surface area (Å²) in [6.45, 7) is 6.96. The average molecular weight is 360 g/mol. The molecule has 0 aromatic heterocycles. The van der Waals surface area contributed by atoms with Crippen molar-refractivity contribution in [2.75, 3.05) is 0 Å². The van der Waals surface area contributed by atoms with Gasteiger partial charge < -0.3 is 9.47 Å². The molecule has 0 aliphatic heterocycles. The Bertz CT molecular complexity index is 262. The Morgan fingerprint density at radius 3 is 1.88 bits per heavy atom. The number of esters is 2. The van der Waals surface area contributed by atoms with Gasteiger partial charge >= 0.3 is 11.9 Å². The van der Waals surface area contributed by atoms with Gasteiger partial charge in [0.15, 0.2) is 3.23 Å². The molecule has 6 heteroatoms. The summed E-state index contributed by atoms with van der Waals surface area (Å²) in [7, 11) is 0. The van der Waals surface area contributed by atoms with Gasteiger partial charge in [0.1, 0.15) is 0 Å². The fraction of sp³-hybridized carbons (Fsp3) is 0.800. The molecule has 0 aromatic rings. The minimum atomic E-state index is -1.21. The van der Waals surface area contributed by atoms with Crippen molar-refractivity contribution in [1.82, 2.24) is 0 Å². The van der Waals surface area contributed by atoms with E-state index in [1.807, 2.05) is 0 Å². The van der Waals surface area contributed by atoms with Crippen LogP contribution in [-0.4, -0.2) is 27.4 Å². The maximum absolute atomic E-state index is 11.6. The van der Waals surface area contributed by atoms with Gasteiger partial charge in [0, 0.05) is 0 Å². The average Bonchev–Trinajstić information content (AvgIpc) is 1.98. The standard InChI is InChI=1S/C10H16Br2O4/c1-6(2)15-8(13)5-10(11,12)9(14)16-7(3)4/h6-7H,5H2,1-4H3. The highest BCUT2D eigenvalue weighted by molar-refractivity contribution is 9.25. The lowest BCUT2D eigenvalue weighted by atomic mass is 10.3. The molecule has 0 saturated carbocycles. The SMILES string of the molecule is CC(C)OC(=O)CC(Br)(Br)C(=O)OC(C)C. The highest BCUT2D eigenvalue weighted by Gasteiger charge is 2.38. The Kier molecular flexibility index (Phi) is 6.55. The van der Waals surface area contributed by atoms with Crippen LogP contribution < -0.4 is 0 Å². The number of ether oxygens (including phenoxy) is 2. The zero-order chi connectivity index (χ0) is 12.9. The smallest absolute Gasteiger partial charge is 0.334 e. The number of hydrogen-bond acceptors (Lipinski definition) is 4. The summed E-state index contributed by atoms with van der Waals surface area (Å²) >= 11 is 6.22. The normalized spacial score (nSPS) is 11.8. The van der Waals surface area contributed by atoms with Gasteiger partial charge in [0.2, 0.25) is 0 Å². The zero-order valence-corrected chi connectivity index (χ0v) is 12.9. The van der Waals surface area contributed by atoms with E-state index in [9.17, 15) is 9.59 Å². The number of hydrogen-bond donors (Lipinski definition) is 0. The van der Waals surface area contributed by atoms with Crippen molar-refractivity contribution in [2.45, 2.75) is 49.6 Å². The molecule has 0 rings (SSSR count). The lowest BCUT2D eigenvalue weighted by Crippen LogP contribution is -2.33. The van der Waals surface area contributed by atoms with E-state index in [2.05, 4.69) is 31.9 Å².